The van der Waals surface area contributed by atoms with E-state index in [2.05, 4.69) is 10.3 Å². The maximum Gasteiger partial charge on any atom is 0.331 e. The zero-order valence-corrected chi connectivity index (χ0v) is 16.1. The van der Waals surface area contributed by atoms with Crippen LogP contribution < -0.4 is 10.1 Å². The van der Waals surface area contributed by atoms with Crippen LogP contribution in [0.4, 0.5) is 11.4 Å². The summed E-state index contributed by atoms with van der Waals surface area (Å²) in [6.07, 6.45) is 2.43. The molecule has 30 heavy (non-hydrogen) atoms. The van der Waals surface area contributed by atoms with E-state index in [0.29, 0.717) is 22.4 Å². The van der Waals surface area contributed by atoms with Crippen LogP contribution in [0, 0.1) is 17.0 Å². The highest BCUT2D eigenvalue weighted by molar-refractivity contribution is 5.95. The molecule has 0 radical (unpaired) electrons. The summed E-state index contributed by atoms with van der Waals surface area (Å²) in [5.41, 5.74) is 1.78. The highest BCUT2D eigenvalue weighted by atomic mass is 16.6. The number of nitrogens with one attached hydrogen (secondary N) is 1. The molecule has 1 heterocycles. The third kappa shape index (κ3) is 4.79. The third-order valence-electron chi connectivity index (χ3n) is 4.01. The Balaban J connectivity index is 1.57. The fourth-order valence-corrected chi connectivity index (χ4v) is 2.59. The molecule has 10 nitrogen and oxygen atoms in total. The van der Waals surface area contributed by atoms with Gasteiger partial charge in [-0.15, -0.1) is 0 Å². The summed E-state index contributed by atoms with van der Waals surface area (Å²) in [5.74, 6) is -1.15. The van der Waals surface area contributed by atoms with Gasteiger partial charge in [0.25, 0.3) is 5.91 Å². The van der Waals surface area contributed by atoms with Crippen molar-refractivity contribution < 1.29 is 28.4 Å². The molecule has 154 valence electrons. The number of benzene rings is 2. The highest BCUT2D eigenvalue weighted by Crippen LogP contribution is 2.32. The third-order valence-corrected chi connectivity index (χ3v) is 4.01. The van der Waals surface area contributed by atoms with Crippen molar-refractivity contribution in [3.8, 4) is 5.75 Å². The molecule has 0 unspecified atom stereocenters. The lowest BCUT2D eigenvalue weighted by atomic mass is 10.1. The average Bonchev–Trinajstić information content (AvgIpc) is 3.14. The minimum Gasteiger partial charge on any atom is -0.490 e. The van der Waals surface area contributed by atoms with E-state index in [1.54, 1.807) is 25.1 Å². The number of carbonyl (C=O) groups excluding carboxylic acids is 2. The van der Waals surface area contributed by atoms with Crippen molar-refractivity contribution in [2.45, 2.75) is 6.92 Å². The van der Waals surface area contributed by atoms with Crippen molar-refractivity contribution in [1.29, 1.82) is 0 Å². The number of hydrogen-bond acceptors (Lipinski definition) is 8. The number of carbonyl (C=O) groups is 2. The van der Waals surface area contributed by atoms with Gasteiger partial charge in [0, 0.05) is 30.0 Å². The van der Waals surface area contributed by atoms with E-state index in [9.17, 15) is 19.7 Å². The Labute approximate surface area is 170 Å². The Morgan fingerprint density at radius 1 is 1.30 bits per heavy atom. The molecule has 3 aromatic rings. The van der Waals surface area contributed by atoms with Gasteiger partial charge in [0.15, 0.2) is 17.9 Å². The van der Waals surface area contributed by atoms with E-state index in [-0.39, 0.29) is 17.3 Å². The number of ether oxygens (including phenoxy) is 2. The topological polar surface area (TPSA) is 134 Å². The SMILES string of the molecule is COc1cc(NC(=O)COC(=O)/C=C/c2nc3ccccc3o2)c(C)cc1[N+](=O)[O-]. The predicted octanol–water partition coefficient (Wildman–Crippen LogP) is 3.25. The number of aromatic nitrogens is 1. The molecular formula is C20H17N3O7. The number of hydrogen-bond donors (Lipinski definition) is 1. The molecule has 1 amide bonds. The molecule has 0 bridgehead atoms. The Kier molecular flexibility index (Phi) is 6.06. The molecular weight excluding hydrogens is 394 g/mol. The van der Waals surface area contributed by atoms with Crippen LogP contribution in [-0.2, 0) is 14.3 Å². The first kappa shape index (κ1) is 20.5. The van der Waals surface area contributed by atoms with Crippen LogP contribution in [0.3, 0.4) is 0 Å². The van der Waals surface area contributed by atoms with Gasteiger partial charge in [0.05, 0.1) is 12.0 Å². The molecule has 0 saturated heterocycles. The number of fused-ring (bicyclic) bond motifs is 1. The summed E-state index contributed by atoms with van der Waals surface area (Å²) in [5, 5.41) is 13.5. The number of anilines is 1. The van der Waals surface area contributed by atoms with Gasteiger partial charge >= 0.3 is 11.7 Å². The molecule has 0 aliphatic carbocycles. The Morgan fingerprint density at radius 3 is 2.77 bits per heavy atom. The Hall–Kier alpha value is -4.21. The Morgan fingerprint density at radius 2 is 2.07 bits per heavy atom. The summed E-state index contributed by atoms with van der Waals surface area (Å²) >= 11 is 0. The van der Waals surface area contributed by atoms with Gasteiger partial charge in [-0.05, 0) is 24.6 Å². The number of aryl methyl sites for hydroxylation is 1. The number of nitro benzene ring substituents is 1. The van der Waals surface area contributed by atoms with Crippen LogP contribution in [-0.4, -0.2) is 35.5 Å². The first-order valence-corrected chi connectivity index (χ1v) is 8.70. The summed E-state index contributed by atoms with van der Waals surface area (Å²) < 4.78 is 15.3. The molecule has 2 aromatic carbocycles. The summed E-state index contributed by atoms with van der Waals surface area (Å²) in [4.78, 5) is 38.5. The van der Waals surface area contributed by atoms with Crippen LogP contribution in [0.15, 0.2) is 46.9 Å². The molecule has 0 fully saturated rings. The van der Waals surface area contributed by atoms with Gasteiger partial charge in [-0.3, -0.25) is 14.9 Å². The van der Waals surface area contributed by atoms with Crippen LogP contribution in [0.5, 0.6) is 5.75 Å². The van der Waals surface area contributed by atoms with Gasteiger partial charge in [-0.2, -0.15) is 0 Å². The quantitative estimate of drug-likeness (QED) is 0.271. The molecule has 0 spiro atoms. The van der Waals surface area contributed by atoms with Crippen LogP contribution >= 0.6 is 0 Å². The number of para-hydroxylation sites is 2. The maximum absolute atomic E-state index is 12.1. The lowest BCUT2D eigenvalue weighted by Gasteiger charge is -2.10. The summed E-state index contributed by atoms with van der Waals surface area (Å²) in [6, 6.07) is 9.75. The van der Waals surface area contributed by atoms with Crippen LogP contribution in [0.2, 0.25) is 0 Å². The van der Waals surface area contributed by atoms with Crippen molar-refractivity contribution in [3.63, 3.8) is 0 Å². The molecule has 0 aliphatic heterocycles. The van der Waals surface area contributed by atoms with Gasteiger partial charge in [0.2, 0.25) is 5.89 Å². The van der Waals surface area contributed by atoms with E-state index >= 15 is 0 Å². The normalized spacial score (nSPS) is 10.9. The average molecular weight is 411 g/mol. The fourth-order valence-electron chi connectivity index (χ4n) is 2.59. The first-order valence-electron chi connectivity index (χ1n) is 8.70. The minimum absolute atomic E-state index is 0.000775. The number of methoxy groups -OCH3 is 1. The molecule has 0 aliphatic rings. The Bertz CT molecular complexity index is 1120. The number of nitro groups is 1. The van der Waals surface area contributed by atoms with Crippen molar-refractivity contribution in [2.75, 3.05) is 19.0 Å². The maximum atomic E-state index is 12.1. The van der Waals surface area contributed by atoms with Gasteiger partial charge in [0.1, 0.15) is 5.52 Å². The molecule has 3 rings (SSSR count). The zero-order chi connectivity index (χ0) is 21.7. The first-order chi connectivity index (χ1) is 14.4. The standard InChI is InChI=1S/C20H17N3O7/c1-12-9-15(23(26)27)17(28-2)10-14(12)21-18(24)11-29-20(25)8-7-19-22-13-5-3-4-6-16(13)30-19/h3-10H,11H2,1-2H3,(H,21,24)/b8-7+. The van der Waals surface area contributed by atoms with E-state index in [4.69, 9.17) is 13.9 Å². The van der Waals surface area contributed by atoms with Gasteiger partial charge < -0.3 is 19.2 Å². The van der Waals surface area contributed by atoms with Crippen molar-refractivity contribution in [1.82, 2.24) is 4.98 Å². The molecule has 1 aromatic heterocycles. The number of oxazole rings is 1. The number of esters is 1. The zero-order valence-electron chi connectivity index (χ0n) is 16.1. The lowest BCUT2D eigenvalue weighted by molar-refractivity contribution is -0.385. The van der Waals surface area contributed by atoms with E-state index in [1.165, 1.54) is 25.3 Å². The van der Waals surface area contributed by atoms with Crippen molar-refractivity contribution >= 4 is 40.4 Å². The molecule has 1 N–H and O–H groups in total. The predicted molar refractivity (Wildman–Crippen MR) is 107 cm³/mol. The second kappa shape index (κ2) is 8.86. The molecule has 10 heteroatoms. The minimum atomic E-state index is -0.759. The lowest BCUT2D eigenvalue weighted by Crippen LogP contribution is -2.20. The van der Waals surface area contributed by atoms with E-state index in [0.717, 1.165) is 6.08 Å². The monoisotopic (exact) mass is 411 g/mol. The second-order valence-corrected chi connectivity index (χ2v) is 6.11. The van der Waals surface area contributed by atoms with Crippen molar-refractivity contribution in [2.24, 2.45) is 0 Å². The summed E-state index contributed by atoms with van der Waals surface area (Å²) in [7, 11) is 1.29. The number of amides is 1. The fraction of sp³-hybridized carbons (Fsp3) is 0.150. The van der Waals surface area contributed by atoms with E-state index in [1.807, 2.05) is 6.07 Å². The van der Waals surface area contributed by atoms with E-state index < -0.39 is 23.4 Å². The second-order valence-electron chi connectivity index (χ2n) is 6.11. The smallest absolute Gasteiger partial charge is 0.331 e. The largest absolute Gasteiger partial charge is 0.490 e. The van der Waals surface area contributed by atoms with Gasteiger partial charge in [-0.25, -0.2) is 9.78 Å². The molecule has 0 saturated carbocycles. The molecule has 0 atom stereocenters. The number of nitrogens with zero attached hydrogens (tertiary/aromatic N) is 2. The highest BCUT2D eigenvalue weighted by Gasteiger charge is 2.18. The van der Waals surface area contributed by atoms with Gasteiger partial charge in [-0.1, -0.05) is 12.1 Å². The van der Waals surface area contributed by atoms with Crippen molar-refractivity contribution in [3.05, 3.63) is 64.0 Å². The number of rotatable bonds is 7. The van der Waals surface area contributed by atoms with Crippen LogP contribution in [0.1, 0.15) is 11.5 Å². The van der Waals surface area contributed by atoms with Crippen LogP contribution in [0.25, 0.3) is 17.2 Å². The summed E-state index contributed by atoms with van der Waals surface area (Å²) in [6.45, 7) is 1.05.